The third kappa shape index (κ3) is 3.50. The number of hydrogen-bond acceptors (Lipinski definition) is 3. The van der Waals surface area contributed by atoms with Crippen LogP contribution in [0.5, 0.6) is 0 Å². The highest BCUT2D eigenvalue weighted by Crippen LogP contribution is 2.29. The third-order valence-corrected chi connectivity index (χ3v) is 5.48. The number of hydrogen-bond donors (Lipinski definition) is 2. The number of halogens is 1. The van der Waals surface area contributed by atoms with E-state index >= 15 is 0 Å². The fourth-order valence-corrected chi connectivity index (χ4v) is 3.67. The molecule has 2 N–H and O–H groups in total. The summed E-state index contributed by atoms with van der Waals surface area (Å²) in [4.78, 5) is 10.7. The van der Waals surface area contributed by atoms with E-state index in [1.807, 2.05) is 0 Å². The number of carboxylic acids is 1. The molecule has 0 unspecified atom stereocenters. The summed E-state index contributed by atoms with van der Waals surface area (Å²) in [6.07, 6.45) is 4.31. The van der Waals surface area contributed by atoms with Crippen LogP contribution in [0, 0.1) is 5.92 Å². The molecule has 1 aromatic carbocycles. The molecule has 0 bridgehead atoms. The average molecular weight is 318 g/mol. The molecule has 0 radical (unpaired) electrons. The number of benzene rings is 1. The van der Waals surface area contributed by atoms with Crippen LogP contribution in [0.25, 0.3) is 0 Å². The SMILES string of the molecule is O=C(O)c1ccc(Cl)c(S(=O)(=O)NCCC2CCC2)c1. The zero-order valence-electron chi connectivity index (χ0n) is 10.8. The molecule has 0 heterocycles. The molecular formula is C13H16ClNO4S. The van der Waals surface area contributed by atoms with E-state index in [-0.39, 0.29) is 15.5 Å². The van der Waals surface area contributed by atoms with Gasteiger partial charge in [0.1, 0.15) is 4.90 Å². The normalized spacial score (nSPS) is 15.8. The first-order valence-electron chi connectivity index (χ1n) is 6.42. The first-order chi connectivity index (χ1) is 9.40. The van der Waals surface area contributed by atoms with Crippen molar-refractivity contribution in [2.45, 2.75) is 30.6 Å². The maximum atomic E-state index is 12.1. The molecule has 0 aliphatic heterocycles. The molecule has 1 aliphatic carbocycles. The second kappa shape index (κ2) is 6.11. The van der Waals surface area contributed by atoms with Crippen molar-refractivity contribution in [1.82, 2.24) is 4.72 Å². The van der Waals surface area contributed by atoms with Crippen molar-refractivity contribution < 1.29 is 18.3 Å². The van der Waals surface area contributed by atoms with Gasteiger partial charge < -0.3 is 5.11 Å². The molecule has 1 saturated carbocycles. The Morgan fingerprint density at radius 3 is 2.65 bits per heavy atom. The topological polar surface area (TPSA) is 83.5 Å². The number of nitrogens with one attached hydrogen (secondary N) is 1. The van der Waals surface area contributed by atoms with Crippen molar-refractivity contribution in [1.29, 1.82) is 0 Å². The van der Waals surface area contributed by atoms with Gasteiger partial charge in [-0.25, -0.2) is 17.9 Å². The average Bonchev–Trinajstić information content (AvgIpc) is 2.32. The molecular weight excluding hydrogens is 302 g/mol. The van der Waals surface area contributed by atoms with Crippen LogP contribution in [0.3, 0.4) is 0 Å². The molecule has 5 nitrogen and oxygen atoms in total. The first-order valence-corrected chi connectivity index (χ1v) is 8.29. The van der Waals surface area contributed by atoms with Gasteiger partial charge in [-0.15, -0.1) is 0 Å². The Kier molecular flexibility index (Phi) is 4.67. The Bertz CT molecular complexity index is 611. The van der Waals surface area contributed by atoms with Crippen molar-refractivity contribution >= 4 is 27.6 Å². The third-order valence-electron chi connectivity index (χ3n) is 3.54. The molecule has 20 heavy (non-hydrogen) atoms. The maximum absolute atomic E-state index is 12.1. The summed E-state index contributed by atoms with van der Waals surface area (Å²) in [7, 11) is -3.77. The van der Waals surface area contributed by atoms with Crippen LogP contribution in [0.1, 0.15) is 36.0 Å². The Balaban J connectivity index is 2.10. The Hall–Kier alpha value is -1.11. The monoisotopic (exact) mass is 317 g/mol. The van der Waals surface area contributed by atoms with Crippen LogP contribution in [0.2, 0.25) is 5.02 Å². The van der Waals surface area contributed by atoms with Gasteiger partial charge in [-0.3, -0.25) is 0 Å². The molecule has 0 aromatic heterocycles. The number of rotatable bonds is 6. The van der Waals surface area contributed by atoms with Crippen molar-refractivity contribution in [3.8, 4) is 0 Å². The van der Waals surface area contributed by atoms with E-state index in [1.165, 1.54) is 18.6 Å². The molecule has 0 atom stereocenters. The van der Waals surface area contributed by atoms with Crippen molar-refractivity contribution in [3.05, 3.63) is 28.8 Å². The van der Waals surface area contributed by atoms with Crippen LogP contribution in [-0.2, 0) is 10.0 Å². The number of aromatic carboxylic acids is 1. The largest absolute Gasteiger partial charge is 0.478 e. The Morgan fingerprint density at radius 2 is 2.10 bits per heavy atom. The Labute approximate surface area is 123 Å². The number of carbonyl (C=O) groups is 1. The van der Waals surface area contributed by atoms with Gasteiger partial charge in [0.25, 0.3) is 0 Å². The second-order valence-electron chi connectivity index (χ2n) is 4.93. The summed E-state index contributed by atoms with van der Waals surface area (Å²) >= 11 is 5.85. The van der Waals surface area contributed by atoms with Gasteiger partial charge >= 0.3 is 5.97 Å². The fraction of sp³-hybridized carbons (Fsp3) is 0.462. The van der Waals surface area contributed by atoms with Gasteiger partial charge in [0.05, 0.1) is 10.6 Å². The lowest BCUT2D eigenvalue weighted by Gasteiger charge is -2.25. The van der Waals surface area contributed by atoms with Gasteiger partial charge in [0.2, 0.25) is 10.0 Å². The van der Waals surface area contributed by atoms with E-state index in [9.17, 15) is 13.2 Å². The number of sulfonamides is 1. The summed E-state index contributed by atoms with van der Waals surface area (Å²) in [6, 6.07) is 3.64. The molecule has 1 fully saturated rings. The van der Waals surface area contributed by atoms with Crippen molar-refractivity contribution in [3.63, 3.8) is 0 Å². The zero-order chi connectivity index (χ0) is 14.8. The van der Waals surface area contributed by atoms with E-state index < -0.39 is 16.0 Å². The lowest BCUT2D eigenvalue weighted by atomic mass is 9.83. The fourth-order valence-electron chi connectivity index (χ4n) is 2.10. The molecule has 7 heteroatoms. The minimum absolute atomic E-state index is 0.0196. The molecule has 0 saturated heterocycles. The first kappa shape index (κ1) is 15.3. The lowest BCUT2D eigenvalue weighted by molar-refractivity contribution is 0.0696. The highest BCUT2D eigenvalue weighted by atomic mass is 35.5. The molecule has 110 valence electrons. The minimum Gasteiger partial charge on any atom is -0.478 e. The number of carboxylic acid groups (broad SMARTS) is 1. The molecule has 0 amide bonds. The van der Waals surface area contributed by atoms with E-state index in [2.05, 4.69) is 4.72 Å². The van der Waals surface area contributed by atoms with Crippen molar-refractivity contribution in [2.24, 2.45) is 5.92 Å². The summed E-state index contributed by atoms with van der Waals surface area (Å²) in [6.45, 7) is 0.348. The quantitative estimate of drug-likeness (QED) is 0.844. The van der Waals surface area contributed by atoms with Gasteiger partial charge in [0, 0.05) is 6.54 Å². The van der Waals surface area contributed by atoms with E-state index in [0.717, 1.165) is 25.3 Å². The van der Waals surface area contributed by atoms with E-state index in [4.69, 9.17) is 16.7 Å². The molecule has 2 rings (SSSR count). The van der Waals surface area contributed by atoms with E-state index in [0.29, 0.717) is 12.5 Å². The second-order valence-corrected chi connectivity index (χ2v) is 7.08. The van der Waals surface area contributed by atoms with Crippen LogP contribution in [0.4, 0.5) is 0 Å². The standard InChI is InChI=1S/C13H16ClNO4S/c14-11-5-4-10(13(16)17)8-12(11)20(18,19)15-7-6-9-2-1-3-9/h4-5,8-9,15H,1-3,6-7H2,(H,16,17). The highest BCUT2D eigenvalue weighted by Gasteiger charge is 2.22. The molecule has 1 aliphatic rings. The predicted molar refractivity (Wildman–Crippen MR) is 75.6 cm³/mol. The smallest absolute Gasteiger partial charge is 0.335 e. The van der Waals surface area contributed by atoms with Crippen LogP contribution in [-0.4, -0.2) is 26.0 Å². The van der Waals surface area contributed by atoms with Gasteiger partial charge in [0.15, 0.2) is 0 Å². The zero-order valence-corrected chi connectivity index (χ0v) is 12.4. The summed E-state index contributed by atoms with van der Waals surface area (Å²) < 4.78 is 26.7. The summed E-state index contributed by atoms with van der Waals surface area (Å²) in [5.41, 5.74) is -0.103. The van der Waals surface area contributed by atoms with Crippen LogP contribution in [0.15, 0.2) is 23.1 Å². The van der Waals surface area contributed by atoms with Gasteiger partial charge in [-0.2, -0.15) is 0 Å². The summed E-state index contributed by atoms with van der Waals surface area (Å²) in [5.74, 6) is -0.592. The molecule has 0 spiro atoms. The van der Waals surface area contributed by atoms with Crippen LogP contribution >= 0.6 is 11.6 Å². The van der Waals surface area contributed by atoms with E-state index in [1.54, 1.807) is 0 Å². The maximum Gasteiger partial charge on any atom is 0.335 e. The minimum atomic E-state index is -3.77. The predicted octanol–water partition coefficient (Wildman–Crippen LogP) is 2.51. The van der Waals surface area contributed by atoms with Crippen LogP contribution < -0.4 is 4.72 Å². The van der Waals surface area contributed by atoms with Gasteiger partial charge in [-0.05, 0) is 30.5 Å². The molecule has 1 aromatic rings. The summed E-state index contributed by atoms with van der Waals surface area (Å²) in [5, 5.41) is 8.92. The van der Waals surface area contributed by atoms with Gasteiger partial charge in [-0.1, -0.05) is 30.9 Å². The van der Waals surface area contributed by atoms with Crippen molar-refractivity contribution in [2.75, 3.05) is 6.54 Å². The highest BCUT2D eigenvalue weighted by molar-refractivity contribution is 7.89. The Morgan fingerprint density at radius 1 is 1.40 bits per heavy atom. The lowest BCUT2D eigenvalue weighted by Crippen LogP contribution is -2.28.